The first-order chi connectivity index (χ1) is 6.72. The summed E-state index contributed by atoms with van der Waals surface area (Å²) in [6.07, 6.45) is 7.53. The number of hydrogen-bond acceptors (Lipinski definition) is 2. The third-order valence-corrected chi connectivity index (χ3v) is 3.21. The largest absolute Gasteiger partial charge is 0.392 e. The van der Waals surface area contributed by atoms with E-state index in [1.807, 2.05) is 0 Å². The van der Waals surface area contributed by atoms with Crippen molar-refractivity contribution >= 4 is 0 Å². The SMILES string of the molecule is CCCN(C)CC(O)CC1CCCC1. The van der Waals surface area contributed by atoms with Gasteiger partial charge in [-0.3, -0.25) is 0 Å². The minimum absolute atomic E-state index is 0.102. The molecule has 0 radical (unpaired) electrons. The van der Waals surface area contributed by atoms with Crippen LogP contribution in [0.15, 0.2) is 0 Å². The van der Waals surface area contributed by atoms with Crippen molar-refractivity contribution in [3.63, 3.8) is 0 Å². The zero-order chi connectivity index (χ0) is 10.4. The van der Waals surface area contributed by atoms with Crippen molar-refractivity contribution in [1.82, 2.24) is 4.90 Å². The lowest BCUT2D eigenvalue weighted by Gasteiger charge is -2.21. The highest BCUT2D eigenvalue weighted by molar-refractivity contribution is 4.72. The maximum absolute atomic E-state index is 9.86. The molecular weight excluding hydrogens is 174 g/mol. The van der Waals surface area contributed by atoms with Crippen LogP contribution < -0.4 is 0 Å². The summed E-state index contributed by atoms with van der Waals surface area (Å²) in [5.41, 5.74) is 0. The first kappa shape index (κ1) is 12.0. The normalized spacial score (nSPS) is 20.6. The Morgan fingerprint density at radius 2 is 2.00 bits per heavy atom. The molecule has 0 aromatic carbocycles. The maximum atomic E-state index is 9.86. The van der Waals surface area contributed by atoms with Crippen molar-refractivity contribution in [2.45, 2.75) is 51.6 Å². The van der Waals surface area contributed by atoms with Crippen LogP contribution in [-0.4, -0.2) is 36.2 Å². The van der Waals surface area contributed by atoms with E-state index in [0.717, 1.165) is 25.4 Å². The molecule has 1 unspecified atom stereocenters. The lowest BCUT2D eigenvalue weighted by Crippen LogP contribution is -2.30. The summed E-state index contributed by atoms with van der Waals surface area (Å²) < 4.78 is 0. The highest BCUT2D eigenvalue weighted by atomic mass is 16.3. The molecule has 1 rings (SSSR count). The summed E-state index contributed by atoms with van der Waals surface area (Å²) >= 11 is 0. The average molecular weight is 199 g/mol. The molecule has 84 valence electrons. The Morgan fingerprint density at radius 1 is 1.36 bits per heavy atom. The van der Waals surface area contributed by atoms with Gasteiger partial charge in [-0.1, -0.05) is 32.6 Å². The maximum Gasteiger partial charge on any atom is 0.0669 e. The molecule has 0 aliphatic heterocycles. The molecule has 1 aliphatic rings. The molecule has 1 N–H and O–H groups in total. The zero-order valence-electron chi connectivity index (χ0n) is 9.71. The van der Waals surface area contributed by atoms with E-state index in [-0.39, 0.29) is 6.10 Å². The van der Waals surface area contributed by atoms with Gasteiger partial charge in [-0.25, -0.2) is 0 Å². The zero-order valence-corrected chi connectivity index (χ0v) is 9.71. The summed E-state index contributed by atoms with van der Waals surface area (Å²) in [5.74, 6) is 0.806. The lowest BCUT2D eigenvalue weighted by atomic mass is 10.00. The molecular formula is C12H25NO. The van der Waals surface area contributed by atoms with Gasteiger partial charge < -0.3 is 10.0 Å². The monoisotopic (exact) mass is 199 g/mol. The van der Waals surface area contributed by atoms with Gasteiger partial charge in [0.1, 0.15) is 0 Å². The predicted molar refractivity (Wildman–Crippen MR) is 60.4 cm³/mol. The lowest BCUT2D eigenvalue weighted by molar-refractivity contribution is 0.102. The van der Waals surface area contributed by atoms with E-state index < -0.39 is 0 Å². The standard InChI is InChI=1S/C12H25NO/c1-3-8-13(2)10-12(14)9-11-6-4-5-7-11/h11-12,14H,3-10H2,1-2H3. The third-order valence-electron chi connectivity index (χ3n) is 3.21. The van der Waals surface area contributed by atoms with Gasteiger partial charge in [0.2, 0.25) is 0 Å². The molecule has 2 nitrogen and oxygen atoms in total. The van der Waals surface area contributed by atoms with Gasteiger partial charge in [-0.05, 0) is 32.4 Å². The summed E-state index contributed by atoms with van der Waals surface area (Å²) in [4.78, 5) is 2.24. The van der Waals surface area contributed by atoms with E-state index in [9.17, 15) is 5.11 Å². The summed E-state index contributed by atoms with van der Waals surface area (Å²) in [6.45, 7) is 4.13. The van der Waals surface area contributed by atoms with Crippen molar-refractivity contribution in [3.05, 3.63) is 0 Å². The van der Waals surface area contributed by atoms with Crippen molar-refractivity contribution in [3.8, 4) is 0 Å². The fourth-order valence-corrected chi connectivity index (χ4v) is 2.54. The second-order valence-corrected chi connectivity index (χ2v) is 4.80. The molecule has 0 spiro atoms. The highest BCUT2D eigenvalue weighted by Gasteiger charge is 2.19. The van der Waals surface area contributed by atoms with Gasteiger partial charge in [0.25, 0.3) is 0 Å². The van der Waals surface area contributed by atoms with E-state index in [0.29, 0.717) is 0 Å². The topological polar surface area (TPSA) is 23.5 Å². The number of hydrogen-bond donors (Lipinski definition) is 1. The summed E-state index contributed by atoms with van der Waals surface area (Å²) in [5, 5.41) is 9.86. The molecule has 0 amide bonds. The quantitative estimate of drug-likeness (QED) is 0.709. The van der Waals surface area contributed by atoms with Gasteiger partial charge in [0, 0.05) is 6.54 Å². The Balaban J connectivity index is 2.10. The van der Waals surface area contributed by atoms with Crippen LogP contribution >= 0.6 is 0 Å². The predicted octanol–water partition coefficient (Wildman–Crippen LogP) is 2.27. The Hall–Kier alpha value is -0.0800. The Morgan fingerprint density at radius 3 is 2.57 bits per heavy atom. The second-order valence-electron chi connectivity index (χ2n) is 4.80. The van der Waals surface area contributed by atoms with Crippen molar-refractivity contribution < 1.29 is 5.11 Å². The number of aliphatic hydroxyl groups is 1. The van der Waals surface area contributed by atoms with Crippen LogP contribution in [0, 0.1) is 5.92 Å². The van der Waals surface area contributed by atoms with E-state index in [4.69, 9.17) is 0 Å². The first-order valence-corrected chi connectivity index (χ1v) is 6.09. The molecule has 14 heavy (non-hydrogen) atoms. The Kier molecular flexibility index (Phi) is 5.49. The number of likely N-dealkylation sites (N-methyl/N-ethyl adjacent to an activating group) is 1. The Bertz CT molecular complexity index is 143. The van der Waals surface area contributed by atoms with E-state index >= 15 is 0 Å². The molecule has 0 bridgehead atoms. The van der Waals surface area contributed by atoms with Crippen LogP contribution in [0.5, 0.6) is 0 Å². The Labute approximate surface area is 88.3 Å². The number of aliphatic hydroxyl groups excluding tert-OH is 1. The van der Waals surface area contributed by atoms with Gasteiger partial charge in [0.15, 0.2) is 0 Å². The van der Waals surface area contributed by atoms with Crippen LogP contribution in [0.3, 0.4) is 0 Å². The molecule has 0 saturated heterocycles. The van der Waals surface area contributed by atoms with Crippen LogP contribution in [0.1, 0.15) is 45.4 Å². The second kappa shape index (κ2) is 6.41. The van der Waals surface area contributed by atoms with E-state index in [2.05, 4.69) is 18.9 Å². The smallest absolute Gasteiger partial charge is 0.0669 e. The minimum atomic E-state index is -0.102. The molecule has 1 fully saturated rings. The van der Waals surface area contributed by atoms with Gasteiger partial charge in [-0.15, -0.1) is 0 Å². The molecule has 2 heteroatoms. The van der Waals surface area contributed by atoms with Crippen LogP contribution in [0.25, 0.3) is 0 Å². The molecule has 1 aliphatic carbocycles. The average Bonchev–Trinajstić information content (AvgIpc) is 2.56. The van der Waals surface area contributed by atoms with Crippen molar-refractivity contribution in [1.29, 1.82) is 0 Å². The van der Waals surface area contributed by atoms with Crippen LogP contribution in [0.4, 0.5) is 0 Å². The fraction of sp³-hybridized carbons (Fsp3) is 1.00. The third kappa shape index (κ3) is 4.43. The van der Waals surface area contributed by atoms with Gasteiger partial charge in [-0.2, -0.15) is 0 Å². The molecule has 1 atom stereocenters. The van der Waals surface area contributed by atoms with Crippen molar-refractivity contribution in [2.24, 2.45) is 5.92 Å². The molecule has 1 saturated carbocycles. The molecule has 0 heterocycles. The van der Waals surface area contributed by atoms with E-state index in [1.165, 1.54) is 32.1 Å². The summed E-state index contributed by atoms with van der Waals surface area (Å²) in [7, 11) is 2.10. The highest BCUT2D eigenvalue weighted by Crippen LogP contribution is 2.28. The number of rotatable bonds is 6. The van der Waals surface area contributed by atoms with Gasteiger partial charge in [0.05, 0.1) is 6.10 Å². The van der Waals surface area contributed by atoms with Crippen molar-refractivity contribution in [2.75, 3.05) is 20.1 Å². The number of nitrogens with zero attached hydrogens (tertiary/aromatic N) is 1. The molecule has 0 aromatic heterocycles. The molecule has 0 aromatic rings. The minimum Gasteiger partial charge on any atom is -0.392 e. The van der Waals surface area contributed by atoms with Gasteiger partial charge >= 0.3 is 0 Å². The fourth-order valence-electron chi connectivity index (χ4n) is 2.54. The summed E-state index contributed by atoms with van der Waals surface area (Å²) in [6, 6.07) is 0. The van der Waals surface area contributed by atoms with E-state index in [1.54, 1.807) is 0 Å². The van der Waals surface area contributed by atoms with Crippen LogP contribution in [-0.2, 0) is 0 Å². The first-order valence-electron chi connectivity index (χ1n) is 6.09. The van der Waals surface area contributed by atoms with Crippen LogP contribution in [0.2, 0.25) is 0 Å².